The SMILES string of the molecule is COOC1C(O)[C@@H](CO)O[C@H]1n1cnc2c(=O)[nH]c(N)nc21. The van der Waals surface area contributed by atoms with Gasteiger partial charge in [0.15, 0.2) is 23.5 Å². The lowest BCUT2D eigenvalue weighted by atomic mass is 10.1. The third-order valence-corrected chi connectivity index (χ3v) is 3.42. The van der Waals surface area contributed by atoms with Crippen LogP contribution in [0.25, 0.3) is 11.2 Å². The summed E-state index contributed by atoms with van der Waals surface area (Å²) < 4.78 is 6.94. The summed E-state index contributed by atoms with van der Waals surface area (Å²) >= 11 is 0. The zero-order chi connectivity index (χ0) is 15.9. The van der Waals surface area contributed by atoms with Gasteiger partial charge in [-0.15, -0.1) is 0 Å². The van der Waals surface area contributed by atoms with Gasteiger partial charge in [0.05, 0.1) is 20.0 Å². The molecule has 1 fully saturated rings. The van der Waals surface area contributed by atoms with Gasteiger partial charge in [-0.2, -0.15) is 4.98 Å². The number of hydrogen-bond donors (Lipinski definition) is 4. The van der Waals surface area contributed by atoms with Crippen molar-refractivity contribution in [1.29, 1.82) is 0 Å². The molecule has 2 aromatic rings. The second-order valence-corrected chi connectivity index (χ2v) is 4.74. The van der Waals surface area contributed by atoms with Gasteiger partial charge in [-0.3, -0.25) is 14.3 Å². The molecule has 0 amide bonds. The first-order chi connectivity index (χ1) is 10.6. The van der Waals surface area contributed by atoms with E-state index in [1.165, 1.54) is 18.0 Å². The minimum absolute atomic E-state index is 0.0657. The first kappa shape index (κ1) is 14.9. The van der Waals surface area contributed by atoms with Crippen molar-refractivity contribution in [3.05, 3.63) is 16.7 Å². The van der Waals surface area contributed by atoms with Crippen LogP contribution in [0.3, 0.4) is 0 Å². The minimum atomic E-state index is -1.13. The molecule has 0 spiro atoms. The van der Waals surface area contributed by atoms with Crippen LogP contribution < -0.4 is 11.3 Å². The molecule has 4 atom stereocenters. The summed E-state index contributed by atoms with van der Waals surface area (Å²) in [6.45, 7) is -0.413. The van der Waals surface area contributed by atoms with E-state index < -0.39 is 36.7 Å². The Morgan fingerprint density at radius 3 is 3.05 bits per heavy atom. The van der Waals surface area contributed by atoms with Gasteiger partial charge in [-0.05, 0) is 0 Å². The van der Waals surface area contributed by atoms with Crippen molar-refractivity contribution in [1.82, 2.24) is 19.5 Å². The lowest BCUT2D eigenvalue weighted by molar-refractivity contribution is -0.327. The zero-order valence-electron chi connectivity index (χ0n) is 11.5. The number of rotatable bonds is 4. The second kappa shape index (κ2) is 5.62. The number of aromatic amines is 1. The van der Waals surface area contributed by atoms with Crippen LogP contribution in [-0.2, 0) is 14.5 Å². The zero-order valence-corrected chi connectivity index (χ0v) is 11.5. The standard InChI is InChI=1S/C11H15N5O6/c1-20-22-7-6(18)4(2-17)21-10(7)16-3-13-5-8(16)14-11(12)15-9(5)19/h3-4,6-7,10,17-18H,2H2,1H3,(H3,12,14,15,19)/t4-,6?,7?,10-/m1/s1. The monoisotopic (exact) mass is 313 g/mol. The number of aliphatic hydroxyl groups excluding tert-OH is 2. The van der Waals surface area contributed by atoms with Crippen LogP contribution in [0.4, 0.5) is 5.95 Å². The molecule has 0 radical (unpaired) electrons. The fourth-order valence-corrected chi connectivity index (χ4v) is 2.44. The Morgan fingerprint density at radius 2 is 2.36 bits per heavy atom. The summed E-state index contributed by atoms with van der Waals surface area (Å²) in [5.41, 5.74) is 5.27. The Balaban J connectivity index is 2.07. The highest BCUT2D eigenvalue weighted by Gasteiger charge is 2.46. The number of H-pyrrole nitrogens is 1. The lowest BCUT2D eigenvalue weighted by Gasteiger charge is -2.19. The number of nitrogens with one attached hydrogen (secondary N) is 1. The minimum Gasteiger partial charge on any atom is -0.394 e. The van der Waals surface area contributed by atoms with Crippen molar-refractivity contribution < 1.29 is 24.7 Å². The molecule has 2 unspecified atom stereocenters. The molecule has 3 heterocycles. The van der Waals surface area contributed by atoms with E-state index >= 15 is 0 Å². The number of fused-ring (bicyclic) bond motifs is 1. The molecule has 1 saturated heterocycles. The van der Waals surface area contributed by atoms with E-state index in [1.807, 2.05) is 0 Å². The Morgan fingerprint density at radius 1 is 1.59 bits per heavy atom. The average molecular weight is 313 g/mol. The predicted molar refractivity (Wildman–Crippen MR) is 71.4 cm³/mol. The highest BCUT2D eigenvalue weighted by molar-refractivity contribution is 5.70. The van der Waals surface area contributed by atoms with Crippen molar-refractivity contribution in [2.75, 3.05) is 19.5 Å². The van der Waals surface area contributed by atoms with E-state index in [9.17, 15) is 15.0 Å². The normalized spacial score (nSPS) is 28.5. The summed E-state index contributed by atoms with van der Waals surface area (Å²) in [6, 6.07) is 0. The van der Waals surface area contributed by atoms with Crippen LogP contribution in [0.2, 0.25) is 0 Å². The van der Waals surface area contributed by atoms with Gasteiger partial charge < -0.3 is 20.7 Å². The summed E-state index contributed by atoms with van der Waals surface area (Å²) in [5, 5.41) is 19.3. The number of aromatic nitrogens is 4. The molecule has 0 aliphatic carbocycles. The van der Waals surface area contributed by atoms with E-state index in [0.717, 1.165) is 0 Å². The maximum Gasteiger partial charge on any atom is 0.280 e. The van der Waals surface area contributed by atoms with Crippen molar-refractivity contribution in [3.8, 4) is 0 Å². The fourth-order valence-electron chi connectivity index (χ4n) is 2.44. The number of nitrogens with two attached hydrogens (primary N) is 1. The predicted octanol–water partition coefficient (Wildman–Crippen LogP) is -2.10. The van der Waals surface area contributed by atoms with Crippen LogP contribution >= 0.6 is 0 Å². The second-order valence-electron chi connectivity index (χ2n) is 4.74. The van der Waals surface area contributed by atoms with Gasteiger partial charge in [0.2, 0.25) is 5.95 Å². The van der Waals surface area contributed by atoms with Gasteiger partial charge in [-0.25, -0.2) is 14.8 Å². The molecule has 2 aromatic heterocycles. The first-order valence-electron chi connectivity index (χ1n) is 6.43. The molecule has 22 heavy (non-hydrogen) atoms. The van der Waals surface area contributed by atoms with Crippen LogP contribution in [0.15, 0.2) is 11.1 Å². The van der Waals surface area contributed by atoms with Crippen LogP contribution in [0.5, 0.6) is 0 Å². The summed E-state index contributed by atoms with van der Waals surface area (Å²) in [5.74, 6) is -0.0827. The molecule has 3 rings (SSSR count). The van der Waals surface area contributed by atoms with Crippen LogP contribution in [-0.4, -0.2) is 61.8 Å². The Kier molecular flexibility index (Phi) is 3.80. The van der Waals surface area contributed by atoms with Crippen molar-refractivity contribution in [2.45, 2.75) is 24.5 Å². The fraction of sp³-hybridized carbons (Fsp3) is 0.545. The summed E-state index contributed by atoms with van der Waals surface area (Å²) in [7, 11) is 1.28. The largest absolute Gasteiger partial charge is 0.394 e. The summed E-state index contributed by atoms with van der Waals surface area (Å²) in [6.07, 6.45) is -2.53. The Bertz CT molecular complexity index is 729. The highest BCUT2D eigenvalue weighted by atomic mass is 17.2. The van der Waals surface area contributed by atoms with E-state index in [1.54, 1.807) is 0 Å². The Hall–Kier alpha value is -2.05. The summed E-state index contributed by atoms with van der Waals surface area (Å²) in [4.78, 5) is 31.7. The molecule has 0 bridgehead atoms. The topological polar surface area (TPSA) is 158 Å². The number of nitrogens with zero attached hydrogens (tertiary/aromatic N) is 3. The number of anilines is 1. The van der Waals surface area contributed by atoms with Crippen molar-refractivity contribution in [2.24, 2.45) is 0 Å². The molecular formula is C11H15N5O6. The maximum atomic E-state index is 11.8. The van der Waals surface area contributed by atoms with Gasteiger partial charge in [0, 0.05) is 0 Å². The van der Waals surface area contributed by atoms with E-state index in [-0.39, 0.29) is 17.1 Å². The average Bonchev–Trinajstić information content (AvgIpc) is 3.02. The molecule has 1 aliphatic heterocycles. The molecule has 0 aromatic carbocycles. The van der Waals surface area contributed by atoms with E-state index in [2.05, 4.69) is 19.8 Å². The smallest absolute Gasteiger partial charge is 0.280 e. The van der Waals surface area contributed by atoms with Crippen LogP contribution in [0.1, 0.15) is 6.23 Å². The number of aliphatic hydroxyl groups is 2. The van der Waals surface area contributed by atoms with Gasteiger partial charge in [0.1, 0.15) is 12.2 Å². The number of imidazole rings is 1. The molecule has 5 N–H and O–H groups in total. The number of ether oxygens (including phenoxy) is 1. The molecule has 11 nitrogen and oxygen atoms in total. The van der Waals surface area contributed by atoms with Gasteiger partial charge >= 0.3 is 0 Å². The molecule has 120 valence electrons. The first-order valence-corrected chi connectivity index (χ1v) is 6.43. The van der Waals surface area contributed by atoms with Crippen LogP contribution in [0, 0.1) is 0 Å². The maximum absolute atomic E-state index is 11.8. The molecule has 1 aliphatic rings. The molecule has 11 heteroatoms. The van der Waals surface area contributed by atoms with E-state index in [4.69, 9.17) is 15.4 Å². The lowest BCUT2D eigenvalue weighted by Crippen LogP contribution is -2.35. The van der Waals surface area contributed by atoms with E-state index in [0.29, 0.717) is 0 Å². The quantitative estimate of drug-likeness (QED) is 0.366. The highest BCUT2D eigenvalue weighted by Crippen LogP contribution is 2.33. The Labute approximate surface area is 123 Å². The third kappa shape index (κ3) is 2.24. The number of nitrogen functional groups attached to an aromatic ring is 1. The van der Waals surface area contributed by atoms with Gasteiger partial charge in [0.25, 0.3) is 5.56 Å². The molecule has 0 saturated carbocycles. The molecular weight excluding hydrogens is 298 g/mol. The van der Waals surface area contributed by atoms with Gasteiger partial charge in [-0.1, -0.05) is 0 Å². The van der Waals surface area contributed by atoms with Crippen molar-refractivity contribution >= 4 is 17.1 Å². The van der Waals surface area contributed by atoms with Crippen molar-refractivity contribution in [3.63, 3.8) is 0 Å². The third-order valence-electron chi connectivity index (χ3n) is 3.42. The number of hydrogen-bond acceptors (Lipinski definition) is 9.